The smallest absolute Gasteiger partial charge is 0.336 e. The maximum Gasteiger partial charge on any atom is 0.336 e. The van der Waals surface area contributed by atoms with Gasteiger partial charge in [0.15, 0.2) is 0 Å². The average molecular weight is 239 g/mol. The van der Waals surface area contributed by atoms with Crippen molar-refractivity contribution in [1.82, 2.24) is 4.98 Å². The van der Waals surface area contributed by atoms with Crippen LogP contribution < -0.4 is 0 Å². The van der Waals surface area contributed by atoms with Crippen molar-refractivity contribution in [3.8, 4) is 0 Å². The van der Waals surface area contributed by atoms with Crippen molar-refractivity contribution >= 4 is 27.8 Å². The molecule has 3 heteroatoms. The zero-order valence-corrected chi connectivity index (χ0v) is 10.2. The first-order valence-electron chi connectivity index (χ1n) is 5.83. The lowest BCUT2D eigenvalue weighted by Crippen LogP contribution is -1.97. The standard InChI is InChI=1S/C15H13NO2/c1-8-6-10(15(17)18)14-12(7-8)16-11-5-3-4-9(2)13(11)14/h3-7,16H,1-2H3,(H,17,18). The van der Waals surface area contributed by atoms with Gasteiger partial charge in [-0.1, -0.05) is 12.1 Å². The molecule has 0 aliphatic heterocycles. The maximum atomic E-state index is 11.4. The average Bonchev–Trinajstić information content (AvgIpc) is 2.66. The van der Waals surface area contributed by atoms with Crippen molar-refractivity contribution < 1.29 is 9.90 Å². The summed E-state index contributed by atoms with van der Waals surface area (Å²) in [5.74, 6) is -0.882. The fourth-order valence-electron chi connectivity index (χ4n) is 2.57. The SMILES string of the molecule is Cc1cc(C(=O)O)c2c(c1)[nH]c1cccc(C)c12. The highest BCUT2D eigenvalue weighted by Crippen LogP contribution is 2.31. The molecule has 0 saturated carbocycles. The zero-order valence-electron chi connectivity index (χ0n) is 10.2. The van der Waals surface area contributed by atoms with Crippen LogP contribution in [0.4, 0.5) is 0 Å². The summed E-state index contributed by atoms with van der Waals surface area (Å²) in [6, 6.07) is 9.66. The van der Waals surface area contributed by atoms with Crippen molar-refractivity contribution in [1.29, 1.82) is 0 Å². The number of H-pyrrole nitrogens is 1. The van der Waals surface area contributed by atoms with Crippen LogP contribution in [-0.2, 0) is 0 Å². The molecule has 0 amide bonds. The minimum atomic E-state index is -0.882. The molecule has 0 spiro atoms. The Morgan fingerprint density at radius 3 is 2.61 bits per heavy atom. The van der Waals surface area contributed by atoms with E-state index in [1.807, 2.05) is 38.1 Å². The van der Waals surface area contributed by atoms with Gasteiger partial charge in [0.1, 0.15) is 0 Å². The number of fused-ring (bicyclic) bond motifs is 3. The van der Waals surface area contributed by atoms with Gasteiger partial charge in [-0.15, -0.1) is 0 Å². The maximum absolute atomic E-state index is 11.4. The molecular formula is C15H13NO2. The van der Waals surface area contributed by atoms with Crippen molar-refractivity contribution in [2.24, 2.45) is 0 Å². The number of hydrogen-bond acceptors (Lipinski definition) is 1. The molecule has 1 heterocycles. The fraction of sp³-hybridized carbons (Fsp3) is 0.133. The van der Waals surface area contributed by atoms with Crippen LogP contribution in [0.25, 0.3) is 21.8 Å². The quantitative estimate of drug-likeness (QED) is 0.681. The van der Waals surface area contributed by atoms with Gasteiger partial charge < -0.3 is 10.1 Å². The van der Waals surface area contributed by atoms with Crippen LogP contribution in [0.2, 0.25) is 0 Å². The predicted octanol–water partition coefficient (Wildman–Crippen LogP) is 3.64. The monoisotopic (exact) mass is 239 g/mol. The molecule has 1 aromatic heterocycles. The van der Waals surface area contributed by atoms with Gasteiger partial charge in [-0.05, 0) is 43.2 Å². The third-order valence-corrected chi connectivity index (χ3v) is 3.31. The summed E-state index contributed by atoms with van der Waals surface area (Å²) in [5, 5.41) is 11.2. The van der Waals surface area contributed by atoms with Gasteiger partial charge in [0, 0.05) is 21.8 Å². The molecule has 3 nitrogen and oxygen atoms in total. The Balaban J connectivity index is 2.61. The van der Waals surface area contributed by atoms with E-state index < -0.39 is 5.97 Å². The second-order valence-electron chi connectivity index (χ2n) is 4.66. The highest BCUT2D eigenvalue weighted by molar-refractivity contribution is 6.17. The van der Waals surface area contributed by atoms with Crippen molar-refractivity contribution in [2.45, 2.75) is 13.8 Å². The number of aromatic nitrogens is 1. The summed E-state index contributed by atoms with van der Waals surface area (Å²) in [6.45, 7) is 3.91. The Morgan fingerprint density at radius 2 is 1.89 bits per heavy atom. The normalized spacial score (nSPS) is 11.2. The second-order valence-corrected chi connectivity index (χ2v) is 4.66. The minimum absolute atomic E-state index is 0.366. The van der Waals surface area contributed by atoms with Crippen LogP contribution in [0, 0.1) is 13.8 Å². The van der Waals surface area contributed by atoms with Crippen LogP contribution in [0.5, 0.6) is 0 Å². The molecule has 0 aliphatic carbocycles. The minimum Gasteiger partial charge on any atom is -0.478 e. The van der Waals surface area contributed by atoms with Crippen LogP contribution in [-0.4, -0.2) is 16.1 Å². The van der Waals surface area contributed by atoms with Gasteiger partial charge in [0.2, 0.25) is 0 Å². The molecule has 0 aliphatic rings. The van der Waals surface area contributed by atoms with Gasteiger partial charge >= 0.3 is 5.97 Å². The van der Waals surface area contributed by atoms with Crippen molar-refractivity contribution in [3.63, 3.8) is 0 Å². The van der Waals surface area contributed by atoms with Crippen LogP contribution >= 0.6 is 0 Å². The number of nitrogens with one attached hydrogen (secondary N) is 1. The number of aromatic amines is 1. The number of hydrogen-bond donors (Lipinski definition) is 2. The molecule has 0 unspecified atom stereocenters. The number of rotatable bonds is 1. The third-order valence-electron chi connectivity index (χ3n) is 3.31. The molecular weight excluding hydrogens is 226 g/mol. The first kappa shape index (κ1) is 10.8. The number of carboxylic acids is 1. The van der Waals surface area contributed by atoms with Crippen molar-refractivity contribution in [3.05, 3.63) is 47.0 Å². The first-order chi connectivity index (χ1) is 8.58. The Morgan fingerprint density at radius 1 is 1.11 bits per heavy atom. The Kier molecular flexibility index (Phi) is 2.17. The van der Waals surface area contributed by atoms with E-state index >= 15 is 0 Å². The Labute approximate surface area is 104 Å². The third kappa shape index (κ3) is 1.40. The lowest BCUT2D eigenvalue weighted by Gasteiger charge is -2.02. The van der Waals surface area contributed by atoms with E-state index in [4.69, 9.17) is 0 Å². The highest BCUT2D eigenvalue weighted by Gasteiger charge is 2.15. The number of aryl methyl sites for hydroxylation is 2. The van der Waals surface area contributed by atoms with Gasteiger partial charge in [0.05, 0.1) is 5.56 Å². The molecule has 90 valence electrons. The molecule has 0 atom stereocenters. The summed E-state index contributed by atoms with van der Waals surface area (Å²) in [6.07, 6.45) is 0. The number of carboxylic acid groups (broad SMARTS) is 1. The number of carbonyl (C=O) groups is 1. The van der Waals surface area contributed by atoms with Crippen LogP contribution in [0.3, 0.4) is 0 Å². The van der Waals surface area contributed by atoms with Gasteiger partial charge in [0.25, 0.3) is 0 Å². The fourth-order valence-corrected chi connectivity index (χ4v) is 2.57. The largest absolute Gasteiger partial charge is 0.478 e. The summed E-state index contributed by atoms with van der Waals surface area (Å²) in [5.41, 5.74) is 4.27. The zero-order chi connectivity index (χ0) is 12.9. The molecule has 0 saturated heterocycles. The lowest BCUT2D eigenvalue weighted by molar-refractivity contribution is 0.0699. The van der Waals surface area contributed by atoms with E-state index in [1.165, 1.54) is 0 Å². The van der Waals surface area contributed by atoms with Crippen molar-refractivity contribution in [2.75, 3.05) is 0 Å². The van der Waals surface area contributed by atoms with E-state index in [0.717, 1.165) is 32.9 Å². The lowest BCUT2D eigenvalue weighted by atomic mass is 10.0. The van der Waals surface area contributed by atoms with Crippen LogP contribution in [0.15, 0.2) is 30.3 Å². The van der Waals surface area contributed by atoms with E-state index in [1.54, 1.807) is 6.07 Å². The molecule has 0 fully saturated rings. The highest BCUT2D eigenvalue weighted by atomic mass is 16.4. The molecule has 2 aromatic carbocycles. The Bertz CT molecular complexity index is 784. The first-order valence-corrected chi connectivity index (χ1v) is 5.83. The van der Waals surface area contributed by atoms with E-state index in [9.17, 15) is 9.90 Å². The van der Waals surface area contributed by atoms with Gasteiger partial charge in [-0.3, -0.25) is 0 Å². The topological polar surface area (TPSA) is 53.1 Å². The Hall–Kier alpha value is -2.29. The number of aromatic carboxylic acids is 1. The molecule has 3 aromatic rings. The predicted molar refractivity (Wildman–Crippen MR) is 72.2 cm³/mol. The molecule has 3 rings (SSSR count). The summed E-state index contributed by atoms with van der Waals surface area (Å²) >= 11 is 0. The molecule has 0 radical (unpaired) electrons. The van der Waals surface area contributed by atoms with E-state index in [0.29, 0.717) is 5.56 Å². The van der Waals surface area contributed by atoms with Gasteiger partial charge in [-0.2, -0.15) is 0 Å². The summed E-state index contributed by atoms with van der Waals surface area (Å²) in [7, 11) is 0. The van der Waals surface area contributed by atoms with Crippen LogP contribution in [0.1, 0.15) is 21.5 Å². The van der Waals surface area contributed by atoms with E-state index in [-0.39, 0.29) is 0 Å². The summed E-state index contributed by atoms with van der Waals surface area (Å²) < 4.78 is 0. The summed E-state index contributed by atoms with van der Waals surface area (Å²) in [4.78, 5) is 14.7. The number of benzene rings is 2. The van der Waals surface area contributed by atoms with E-state index in [2.05, 4.69) is 4.98 Å². The molecule has 18 heavy (non-hydrogen) atoms. The second kappa shape index (κ2) is 3.60. The molecule has 0 bridgehead atoms. The van der Waals surface area contributed by atoms with Gasteiger partial charge in [-0.25, -0.2) is 4.79 Å². The molecule has 2 N–H and O–H groups in total.